The molecule has 2 aromatic rings. The lowest BCUT2D eigenvalue weighted by Crippen LogP contribution is -2.64. The summed E-state index contributed by atoms with van der Waals surface area (Å²) in [7, 11) is 0. The van der Waals surface area contributed by atoms with Crippen LogP contribution in [-0.4, -0.2) is 48.4 Å². The highest BCUT2D eigenvalue weighted by Crippen LogP contribution is 2.57. The van der Waals surface area contributed by atoms with Crippen LogP contribution in [0.25, 0.3) is 10.6 Å². The minimum Gasteiger partial charge on any atom is -0.465 e. The molecule has 0 aliphatic heterocycles. The standard InChI is InChI=1S/C23H32ClN5O2S/c1-14(2)26-16-12-17(24)25-13-15(16)18-27-28-19(32-18)22-6-9-23(10-7-22,11-8-22)29(20(30)31)21(3,4)5/h12-14H,6-11H2,1-5H3,(H,25,26)(H,30,31). The van der Waals surface area contributed by atoms with Crippen LogP contribution in [0, 0.1) is 0 Å². The topological polar surface area (TPSA) is 91.2 Å². The van der Waals surface area contributed by atoms with Crippen molar-refractivity contribution in [3.8, 4) is 10.6 Å². The zero-order valence-electron chi connectivity index (χ0n) is 19.4. The number of halogens is 1. The second-order valence-electron chi connectivity index (χ2n) is 10.6. The van der Waals surface area contributed by atoms with Crippen LogP contribution in [0.15, 0.2) is 12.3 Å². The van der Waals surface area contributed by atoms with E-state index in [9.17, 15) is 9.90 Å². The Morgan fingerprint density at radius 3 is 2.34 bits per heavy atom. The van der Waals surface area contributed by atoms with E-state index in [4.69, 9.17) is 11.6 Å². The SMILES string of the molecule is CC(C)Nc1cc(Cl)ncc1-c1nnc(C23CCC(N(C(=O)O)C(C)(C)C)(CC2)CC3)s1. The van der Waals surface area contributed by atoms with Crippen LogP contribution in [0.5, 0.6) is 0 Å². The Labute approximate surface area is 198 Å². The lowest BCUT2D eigenvalue weighted by molar-refractivity contribution is -0.0541. The molecule has 174 valence electrons. The molecule has 5 rings (SSSR count). The molecular weight excluding hydrogens is 446 g/mol. The minimum atomic E-state index is -0.814. The maximum absolute atomic E-state index is 12.2. The number of hydrogen-bond acceptors (Lipinski definition) is 6. The fraction of sp³-hybridized carbons (Fsp3) is 0.652. The number of pyridine rings is 1. The largest absolute Gasteiger partial charge is 0.465 e. The van der Waals surface area contributed by atoms with E-state index in [2.05, 4.69) is 34.3 Å². The van der Waals surface area contributed by atoms with Crippen molar-refractivity contribution in [3.63, 3.8) is 0 Å². The summed E-state index contributed by atoms with van der Waals surface area (Å²) in [6.07, 6.45) is 6.38. The van der Waals surface area contributed by atoms with Gasteiger partial charge in [-0.25, -0.2) is 9.78 Å². The first kappa shape index (κ1) is 23.2. The number of aromatic nitrogens is 3. The van der Waals surface area contributed by atoms with Gasteiger partial charge in [-0.3, -0.25) is 4.90 Å². The molecule has 32 heavy (non-hydrogen) atoms. The molecule has 3 aliphatic rings. The van der Waals surface area contributed by atoms with Gasteiger partial charge in [0.05, 0.1) is 5.56 Å². The molecule has 0 unspecified atom stereocenters. The van der Waals surface area contributed by atoms with E-state index in [0.29, 0.717) is 5.15 Å². The highest BCUT2D eigenvalue weighted by atomic mass is 35.5. The van der Waals surface area contributed by atoms with Crippen molar-refractivity contribution in [2.75, 3.05) is 5.32 Å². The molecule has 0 radical (unpaired) electrons. The quantitative estimate of drug-likeness (QED) is 0.498. The zero-order valence-corrected chi connectivity index (χ0v) is 21.0. The number of carboxylic acid groups (broad SMARTS) is 1. The van der Waals surface area contributed by atoms with Crippen molar-refractivity contribution in [3.05, 3.63) is 22.4 Å². The van der Waals surface area contributed by atoms with Crippen LogP contribution >= 0.6 is 22.9 Å². The Morgan fingerprint density at radius 1 is 1.19 bits per heavy atom. The molecule has 1 amide bonds. The molecule has 9 heteroatoms. The Morgan fingerprint density at radius 2 is 1.81 bits per heavy atom. The predicted octanol–water partition coefficient (Wildman–Crippen LogP) is 6.20. The predicted molar refractivity (Wildman–Crippen MR) is 129 cm³/mol. The normalized spacial score (nSPS) is 25.2. The van der Waals surface area contributed by atoms with Crippen molar-refractivity contribution >= 4 is 34.7 Å². The molecule has 3 fully saturated rings. The van der Waals surface area contributed by atoms with Crippen molar-refractivity contribution in [1.82, 2.24) is 20.1 Å². The van der Waals surface area contributed by atoms with Gasteiger partial charge in [0.1, 0.15) is 10.2 Å². The molecule has 2 N–H and O–H groups in total. The monoisotopic (exact) mass is 477 g/mol. The van der Waals surface area contributed by atoms with Gasteiger partial charge in [-0.05, 0) is 79.2 Å². The first-order valence-electron chi connectivity index (χ1n) is 11.3. The van der Waals surface area contributed by atoms with E-state index in [1.165, 1.54) is 0 Å². The van der Waals surface area contributed by atoms with Gasteiger partial charge in [-0.15, -0.1) is 10.2 Å². The molecule has 0 saturated heterocycles. The number of anilines is 1. The van der Waals surface area contributed by atoms with Crippen molar-refractivity contribution in [1.29, 1.82) is 0 Å². The fourth-order valence-corrected chi connectivity index (χ4v) is 6.90. The van der Waals surface area contributed by atoms with Crippen LogP contribution in [0.3, 0.4) is 0 Å². The van der Waals surface area contributed by atoms with Gasteiger partial charge in [0.2, 0.25) is 0 Å². The second kappa shape index (κ2) is 8.13. The molecule has 0 atom stereocenters. The number of carbonyl (C=O) groups is 1. The highest BCUT2D eigenvalue weighted by Gasteiger charge is 2.56. The third-order valence-corrected chi connectivity index (χ3v) is 8.38. The van der Waals surface area contributed by atoms with E-state index in [1.807, 2.05) is 26.8 Å². The summed E-state index contributed by atoms with van der Waals surface area (Å²) in [4.78, 5) is 18.1. The summed E-state index contributed by atoms with van der Waals surface area (Å²) in [5.74, 6) is 0. The van der Waals surface area contributed by atoms with Crippen molar-refractivity contribution in [2.24, 2.45) is 0 Å². The number of nitrogens with zero attached hydrogens (tertiary/aromatic N) is 4. The van der Waals surface area contributed by atoms with Crippen molar-refractivity contribution < 1.29 is 9.90 Å². The summed E-state index contributed by atoms with van der Waals surface area (Å²) in [5.41, 5.74) is 1.13. The number of rotatable bonds is 5. The lowest BCUT2D eigenvalue weighted by Gasteiger charge is -2.59. The van der Waals surface area contributed by atoms with Crippen LogP contribution in [0.2, 0.25) is 5.15 Å². The third-order valence-electron chi connectivity index (χ3n) is 6.97. The summed E-state index contributed by atoms with van der Waals surface area (Å²) in [5, 5.41) is 24.9. The molecule has 2 bridgehead atoms. The van der Waals surface area contributed by atoms with E-state index in [0.717, 1.165) is 59.8 Å². The molecule has 0 aromatic carbocycles. The van der Waals surface area contributed by atoms with Crippen LogP contribution in [0.4, 0.5) is 10.5 Å². The summed E-state index contributed by atoms with van der Waals surface area (Å²) in [6, 6.07) is 2.08. The number of amides is 1. The molecule has 0 spiro atoms. The average Bonchev–Trinajstić information content (AvgIpc) is 3.18. The summed E-state index contributed by atoms with van der Waals surface area (Å²) >= 11 is 7.76. The first-order chi connectivity index (χ1) is 15.0. The van der Waals surface area contributed by atoms with Crippen LogP contribution < -0.4 is 5.32 Å². The Hall–Kier alpha value is -1.93. The van der Waals surface area contributed by atoms with Gasteiger partial charge in [-0.1, -0.05) is 22.9 Å². The smallest absolute Gasteiger partial charge is 0.408 e. The maximum Gasteiger partial charge on any atom is 0.408 e. The van der Waals surface area contributed by atoms with Crippen LogP contribution in [-0.2, 0) is 5.41 Å². The van der Waals surface area contributed by atoms with Crippen molar-refractivity contribution in [2.45, 2.75) is 95.7 Å². The van der Waals surface area contributed by atoms with Gasteiger partial charge in [-0.2, -0.15) is 0 Å². The number of hydrogen-bond donors (Lipinski definition) is 2. The Balaban J connectivity index is 1.60. The highest BCUT2D eigenvalue weighted by molar-refractivity contribution is 7.14. The lowest BCUT2D eigenvalue weighted by atomic mass is 9.56. The fourth-order valence-electron chi connectivity index (χ4n) is 5.60. The van der Waals surface area contributed by atoms with E-state index < -0.39 is 11.6 Å². The molecule has 3 aliphatic carbocycles. The van der Waals surface area contributed by atoms with Crippen LogP contribution in [0.1, 0.15) is 78.2 Å². The third kappa shape index (κ3) is 4.07. The van der Waals surface area contributed by atoms with Gasteiger partial charge in [0.25, 0.3) is 0 Å². The van der Waals surface area contributed by atoms with Gasteiger partial charge < -0.3 is 10.4 Å². The molecule has 3 saturated carbocycles. The summed E-state index contributed by atoms with van der Waals surface area (Å²) in [6.45, 7) is 10.1. The number of nitrogens with one attached hydrogen (secondary N) is 1. The second-order valence-corrected chi connectivity index (χ2v) is 11.9. The van der Waals surface area contributed by atoms with Gasteiger partial charge >= 0.3 is 6.09 Å². The maximum atomic E-state index is 12.2. The molecule has 2 aromatic heterocycles. The number of fused-ring (bicyclic) bond motifs is 3. The van der Waals surface area contributed by atoms with E-state index >= 15 is 0 Å². The molecular formula is C23H32ClN5O2S. The summed E-state index contributed by atoms with van der Waals surface area (Å²) < 4.78 is 0. The average molecular weight is 478 g/mol. The Kier molecular flexibility index (Phi) is 5.91. The van der Waals surface area contributed by atoms with Gasteiger partial charge in [0.15, 0.2) is 5.01 Å². The molecule has 2 heterocycles. The minimum absolute atomic E-state index is 0.00871. The zero-order chi connectivity index (χ0) is 23.3. The first-order valence-corrected chi connectivity index (χ1v) is 12.4. The van der Waals surface area contributed by atoms with E-state index in [-0.39, 0.29) is 17.0 Å². The van der Waals surface area contributed by atoms with E-state index in [1.54, 1.807) is 22.4 Å². The Bertz CT molecular complexity index is 992. The molecule has 7 nitrogen and oxygen atoms in total. The van der Waals surface area contributed by atoms with Gasteiger partial charge in [0, 0.05) is 34.4 Å².